The second-order valence-electron chi connectivity index (χ2n) is 4.23. The van der Waals surface area contributed by atoms with E-state index in [0.29, 0.717) is 0 Å². The Bertz CT molecular complexity index is 306. The van der Waals surface area contributed by atoms with Gasteiger partial charge in [0.2, 0.25) is 5.95 Å². The minimum Gasteiger partial charge on any atom is -0.344 e. The summed E-state index contributed by atoms with van der Waals surface area (Å²) in [6.07, 6.45) is 9.27. The molecule has 0 radical (unpaired) electrons. The summed E-state index contributed by atoms with van der Waals surface area (Å²) in [4.78, 5) is 10.8. The van der Waals surface area contributed by atoms with Crippen LogP contribution < -0.4 is 4.90 Å². The maximum atomic E-state index is 4.33. The molecule has 2 rings (SSSR count). The molecule has 1 heterocycles. The van der Waals surface area contributed by atoms with Crippen LogP contribution in [0, 0.1) is 9.49 Å². The smallest absolute Gasteiger partial charge is 0.225 e. The van der Waals surface area contributed by atoms with Crippen molar-refractivity contribution in [3.8, 4) is 0 Å². The minimum absolute atomic E-state index is 0.845. The molecule has 3 nitrogen and oxygen atoms in total. The molecule has 1 aromatic heterocycles. The van der Waals surface area contributed by atoms with Gasteiger partial charge in [0.05, 0.1) is 0 Å². The zero-order valence-electron chi connectivity index (χ0n) is 8.99. The van der Waals surface area contributed by atoms with Crippen molar-refractivity contribution in [1.82, 2.24) is 9.97 Å². The fourth-order valence-electron chi connectivity index (χ4n) is 2.16. The van der Waals surface area contributed by atoms with Gasteiger partial charge in [-0.2, -0.15) is 0 Å². The van der Waals surface area contributed by atoms with Crippen LogP contribution in [0.2, 0.25) is 0 Å². The van der Waals surface area contributed by atoms with E-state index in [-0.39, 0.29) is 0 Å². The van der Waals surface area contributed by atoms with Crippen molar-refractivity contribution in [2.75, 3.05) is 18.5 Å². The molecule has 1 fully saturated rings. The Balaban J connectivity index is 1.94. The Morgan fingerprint density at radius 1 is 1.33 bits per heavy atom. The Labute approximate surface area is 104 Å². The first-order chi connectivity index (χ1) is 7.25. The Morgan fingerprint density at radius 3 is 2.53 bits per heavy atom. The standard InChI is InChI=1S/C11H16IN3/c1-15(8-9-4-2-3-5-9)11-13-6-10(12)7-14-11/h6-7,9H,2-5,8H2,1H3. The highest BCUT2D eigenvalue weighted by Gasteiger charge is 2.17. The molecule has 15 heavy (non-hydrogen) atoms. The summed E-state index contributed by atoms with van der Waals surface area (Å²) in [5, 5.41) is 0. The molecule has 82 valence electrons. The molecule has 1 aliphatic rings. The van der Waals surface area contributed by atoms with Gasteiger partial charge in [-0.1, -0.05) is 12.8 Å². The molecule has 0 saturated heterocycles. The zero-order valence-corrected chi connectivity index (χ0v) is 11.1. The lowest BCUT2D eigenvalue weighted by Gasteiger charge is -2.20. The van der Waals surface area contributed by atoms with Gasteiger partial charge in [0.15, 0.2) is 0 Å². The van der Waals surface area contributed by atoms with Gasteiger partial charge in [0, 0.05) is 29.6 Å². The largest absolute Gasteiger partial charge is 0.344 e. The first-order valence-electron chi connectivity index (χ1n) is 5.44. The molecular weight excluding hydrogens is 301 g/mol. The van der Waals surface area contributed by atoms with Crippen molar-refractivity contribution < 1.29 is 0 Å². The van der Waals surface area contributed by atoms with Gasteiger partial charge in [-0.05, 0) is 41.4 Å². The summed E-state index contributed by atoms with van der Waals surface area (Å²) in [6, 6.07) is 0. The van der Waals surface area contributed by atoms with Crippen molar-refractivity contribution in [3.05, 3.63) is 16.0 Å². The van der Waals surface area contributed by atoms with E-state index in [4.69, 9.17) is 0 Å². The first kappa shape index (κ1) is 11.1. The van der Waals surface area contributed by atoms with E-state index < -0.39 is 0 Å². The lowest BCUT2D eigenvalue weighted by atomic mass is 10.1. The van der Waals surface area contributed by atoms with Gasteiger partial charge in [-0.3, -0.25) is 0 Å². The highest BCUT2D eigenvalue weighted by Crippen LogP contribution is 2.25. The van der Waals surface area contributed by atoms with Crippen LogP contribution in [0.4, 0.5) is 5.95 Å². The number of hydrogen-bond donors (Lipinski definition) is 0. The zero-order chi connectivity index (χ0) is 10.7. The number of halogens is 1. The van der Waals surface area contributed by atoms with Gasteiger partial charge in [0.25, 0.3) is 0 Å². The van der Waals surface area contributed by atoms with E-state index in [9.17, 15) is 0 Å². The number of rotatable bonds is 3. The SMILES string of the molecule is CN(CC1CCCC1)c1ncc(I)cn1. The summed E-state index contributed by atoms with van der Waals surface area (Å²) in [5.41, 5.74) is 0. The molecule has 0 atom stereocenters. The molecule has 1 aromatic rings. The summed E-state index contributed by atoms with van der Waals surface area (Å²) in [5.74, 6) is 1.69. The molecule has 0 aromatic carbocycles. The predicted octanol–water partition coefficient (Wildman–Crippen LogP) is 2.71. The molecule has 4 heteroatoms. The van der Waals surface area contributed by atoms with E-state index in [1.165, 1.54) is 25.7 Å². The van der Waals surface area contributed by atoms with E-state index in [1.807, 2.05) is 12.4 Å². The van der Waals surface area contributed by atoms with Crippen molar-refractivity contribution in [1.29, 1.82) is 0 Å². The van der Waals surface area contributed by atoms with Gasteiger partial charge in [-0.15, -0.1) is 0 Å². The van der Waals surface area contributed by atoms with Gasteiger partial charge >= 0.3 is 0 Å². The van der Waals surface area contributed by atoms with Crippen LogP contribution in [-0.2, 0) is 0 Å². The molecular formula is C11H16IN3. The Morgan fingerprint density at radius 2 is 1.93 bits per heavy atom. The summed E-state index contributed by atoms with van der Waals surface area (Å²) in [7, 11) is 2.08. The lowest BCUT2D eigenvalue weighted by Crippen LogP contribution is -2.25. The average Bonchev–Trinajstić information content (AvgIpc) is 2.71. The minimum atomic E-state index is 0.845. The third kappa shape index (κ3) is 3.03. The van der Waals surface area contributed by atoms with Crippen LogP contribution >= 0.6 is 22.6 Å². The number of aromatic nitrogens is 2. The topological polar surface area (TPSA) is 29.0 Å². The molecule has 0 N–H and O–H groups in total. The monoisotopic (exact) mass is 317 g/mol. The lowest BCUT2D eigenvalue weighted by molar-refractivity contribution is 0.542. The highest BCUT2D eigenvalue weighted by molar-refractivity contribution is 14.1. The molecule has 1 aliphatic carbocycles. The maximum Gasteiger partial charge on any atom is 0.225 e. The number of hydrogen-bond acceptors (Lipinski definition) is 3. The van der Waals surface area contributed by atoms with Crippen molar-refractivity contribution in [3.63, 3.8) is 0 Å². The normalized spacial score (nSPS) is 16.9. The third-order valence-electron chi connectivity index (χ3n) is 2.95. The van der Waals surface area contributed by atoms with Crippen LogP contribution in [-0.4, -0.2) is 23.6 Å². The quantitative estimate of drug-likeness (QED) is 0.803. The fourth-order valence-corrected chi connectivity index (χ4v) is 2.44. The highest BCUT2D eigenvalue weighted by atomic mass is 127. The molecule has 0 amide bonds. The van der Waals surface area contributed by atoms with Gasteiger partial charge in [0.1, 0.15) is 0 Å². The van der Waals surface area contributed by atoms with E-state index >= 15 is 0 Å². The van der Waals surface area contributed by atoms with E-state index in [0.717, 1.165) is 22.0 Å². The number of anilines is 1. The fraction of sp³-hybridized carbons (Fsp3) is 0.636. The maximum absolute atomic E-state index is 4.33. The van der Waals surface area contributed by atoms with Gasteiger partial charge in [-0.25, -0.2) is 9.97 Å². The Hall–Kier alpha value is -0.390. The summed E-state index contributed by atoms with van der Waals surface area (Å²) >= 11 is 2.23. The summed E-state index contributed by atoms with van der Waals surface area (Å²) < 4.78 is 1.09. The average molecular weight is 317 g/mol. The molecule has 0 spiro atoms. The van der Waals surface area contributed by atoms with Crippen LogP contribution in [0.15, 0.2) is 12.4 Å². The molecule has 1 saturated carbocycles. The van der Waals surface area contributed by atoms with E-state index in [1.54, 1.807) is 0 Å². The number of nitrogens with zero attached hydrogens (tertiary/aromatic N) is 3. The molecule has 0 unspecified atom stereocenters. The summed E-state index contributed by atoms with van der Waals surface area (Å²) in [6.45, 7) is 1.10. The van der Waals surface area contributed by atoms with Crippen molar-refractivity contribution in [2.24, 2.45) is 5.92 Å². The van der Waals surface area contributed by atoms with Crippen LogP contribution in [0.25, 0.3) is 0 Å². The first-order valence-corrected chi connectivity index (χ1v) is 6.52. The molecule has 0 aliphatic heterocycles. The molecule has 0 bridgehead atoms. The van der Waals surface area contributed by atoms with Crippen LogP contribution in [0.3, 0.4) is 0 Å². The predicted molar refractivity (Wildman–Crippen MR) is 70.0 cm³/mol. The van der Waals surface area contributed by atoms with Crippen LogP contribution in [0.1, 0.15) is 25.7 Å². The Kier molecular flexibility index (Phi) is 3.77. The van der Waals surface area contributed by atoms with Crippen molar-refractivity contribution in [2.45, 2.75) is 25.7 Å². The van der Waals surface area contributed by atoms with Crippen LogP contribution in [0.5, 0.6) is 0 Å². The van der Waals surface area contributed by atoms with Crippen molar-refractivity contribution >= 4 is 28.5 Å². The second-order valence-corrected chi connectivity index (χ2v) is 5.48. The third-order valence-corrected chi connectivity index (χ3v) is 3.51. The van der Waals surface area contributed by atoms with E-state index in [2.05, 4.69) is 44.5 Å². The van der Waals surface area contributed by atoms with Gasteiger partial charge < -0.3 is 4.90 Å². The second kappa shape index (κ2) is 5.09.